The van der Waals surface area contributed by atoms with Gasteiger partial charge >= 0.3 is 0 Å². The molecule has 1 aromatic rings. The molecule has 1 fully saturated rings. The summed E-state index contributed by atoms with van der Waals surface area (Å²) >= 11 is 0. The third kappa shape index (κ3) is 3.15. The zero-order chi connectivity index (χ0) is 15.6. The van der Waals surface area contributed by atoms with E-state index < -0.39 is 10.0 Å². The van der Waals surface area contributed by atoms with Crippen molar-refractivity contribution in [3.8, 4) is 0 Å². The van der Waals surface area contributed by atoms with Crippen molar-refractivity contribution in [2.45, 2.75) is 70.0 Å². The molecule has 118 valence electrons. The van der Waals surface area contributed by atoms with Gasteiger partial charge in [-0.05, 0) is 56.4 Å². The summed E-state index contributed by atoms with van der Waals surface area (Å²) in [6.45, 7) is 6.42. The molecule has 21 heavy (non-hydrogen) atoms. The van der Waals surface area contributed by atoms with E-state index in [1.54, 1.807) is 16.4 Å². The summed E-state index contributed by atoms with van der Waals surface area (Å²) in [5.74, 6) is 0. The van der Waals surface area contributed by atoms with Crippen LogP contribution < -0.4 is 5.73 Å². The first-order valence-electron chi connectivity index (χ1n) is 7.77. The van der Waals surface area contributed by atoms with Crippen LogP contribution in [0.3, 0.4) is 0 Å². The number of hydrogen-bond donors (Lipinski definition) is 1. The summed E-state index contributed by atoms with van der Waals surface area (Å²) in [5.41, 5.74) is 7.81. The van der Waals surface area contributed by atoms with Crippen molar-refractivity contribution in [1.82, 2.24) is 4.31 Å². The molecule has 0 amide bonds. The van der Waals surface area contributed by atoms with Crippen LogP contribution in [0.5, 0.6) is 0 Å². The lowest BCUT2D eigenvalue weighted by Crippen LogP contribution is -2.47. The van der Waals surface area contributed by atoms with Crippen LogP contribution >= 0.6 is 0 Å². The minimum atomic E-state index is -3.44. The topological polar surface area (TPSA) is 63.4 Å². The third-order valence-corrected chi connectivity index (χ3v) is 6.59. The summed E-state index contributed by atoms with van der Waals surface area (Å²) in [6, 6.07) is 5.50. The lowest BCUT2D eigenvalue weighted by Gasteiger charge is -2.37. The molecule has 2 atom stereocenters. The fourth-order valence-corrected chi connectivity index (χ4v) is 5.22. The zero-order valence-electron chi connectivity index (χ0n) is 13.2. The molecule has 1 aliphatic heterocycles. The maximum Gasteiger partial charge on any atom is 0.243 e. The van der Waals surface area contributed by atoms with Crippen molar-refractivity contribution in [3.63, 3.8) is 0 Å². The Balaban J connectivity index is 2.43. The first-order valence-corrected chi connectivity index (χ1v) is 9.21. The van der Waals surface area contributed by atoms with Crippen LogP contribution in [0.2, 0.25) is 0 Å². The number of rotatable bonds is 4. The van der Waals surface area contributed by atoms with E-state index in [2.05, 4.69) is 6.92 Å². The van der Waals surface area contributed by atoms with Gasteiger partial charge in [0, 0.05) is 18.6 Å². The van der Waals surface area contributed by atoms with Crippen LogP contribution in [0, 0.1) is 0 Å². The van der Waals surface area contributed by atoms with Gasteiger partial charge in [0.2, 0.25) is 10.0 Å². The van der Waals surface area contributed by atoms with Crippen LogP contribution in [0.15, 0.2) is 23.1 Å². The van der Waals surface area contributed by atoms with Crippen LogP contribution in [0.1, 0.15) is 51.2 Å². The van der Waals surface area contributed by atoms with E-state index in [0.717, 1.165) is 36.8 Å². The summed E-state index contributed by atoms with van der Waals surface area (Å²) in [6.07, 6.45) is 3.82. The highest BCUT2D eigenvalue weighted by Gasteiger charge is 2.35. The fraction of sp³-hybridized carbons (Fsp3) is 0.625. The lowest BCUT2D eigenvalue weighted by atomic mass is 10.0. The van der Waals surface area contributed by atoms with Gasteiger partial charge in [-0.2, -0.15) is 4.31 Å². The Hall–Kier alpha value is -0.910. The Kier molecular flexibility index (Phi) is 5.07. The van der Waals surface area contributed by atoms with Crippen LogP contribution in [-0.4, -0.2) is 24.8 Å². The molecular formula is C16H26N2O2S. The van der Waals surface area contributed by atoms with Crippen molar-refractivity contribution in [2.24, 2.45) is 5.73 Å². The van der Waals surface area contributed by atoms with Gasteiger partial charge in [-0.15, -0.1) is 0 Å². The molecule has 0 bridgehead atoms. The Labute approximate surface area is 128 Å². The third-order valence-electron chi connectivity index (χ3n) is 4.47. The predicted molar refractivity (Wildman–Crippen MR) is 85.5 cm³/mol. The second kappa shape index (κ2) is 6.46. The Bertz CT molecular complexity index is 588. The molecular weight excluding hydrogens is 284 g/mol. The maximum absolute atomic E-state index is 13.0. The minimum absolute atomic E-state index is 0.0610. The fourth-order valence-electron chi connectivity index (χ4n) is 3.29. The normalized spacial score (nSPS) is 24.2. The van der Waals surface area contributed by atoms with E-state index in [0.29, 0.717) is 11.4 Å². The van der Waals surface area contributed by atoms with Gasteiger partial charge in [-0.1, -0.05) is 19.4 Å². The number of piperidine rings is 1. The highest BCUT2D eigenvalue weighted by molar-refractivity contribution is 7.89. The average molecular weight is 310 g/mol. The molecule has 0 aliphatic carbocycles. The van der Waals surface area contributed by atoms with E-state index in [4.69, 9.17) is 5.73 Å². The maximum atomic E-state index is 13.0. The standard InChI is InChI=1S/C16H26N2O2S/c1-4-14-8-9-16(10-15(14)11-17)21(19,20)18-12(2)6-5-7-13(18)3/h8-10,12-13H,4-7,11,17H2,1-3H3. The second-order valence-corrected chi connectivity index (χ2v) is 7.80. The van der Waals surface area contributed by atoms with Gasteiger partial charge in [-0.3, -0.25) is 0 Å². The van der Waals surface area contributed by atoms with Crippen LogP contribution in [0.25, 0.3) is 0 Å². The first-order chi connectivity index (χ1) is 9.91. The molecule has 0 saturated carbocycles. The predicted octanol–water partition coefficient (Wildman–Crippen LogP) is 2.66. The molecule has 1 aliphatic rings. The lowest BCUT2D eigenvalue weighted by molar-refractivity contribution is 0.204. The smallest absolute Gasteiger partial charge is 0.243 e. The van der Waals surface area contributed by atoms with Gasteiger partial charge in [0.1, 0.15) is 0 Å². The number of benzene rings is 1. The molecule has 1 aromatic carbocycles. The quantitative estimate of drug-likeness (QED) is 0.930. The molecule has 0 aromatic heterocycles. The largest absolute Gasteiger partial charge is 0.326 e. The molecule has 2 unspecified atom stereocenters. The van der Waals surface area contributed by atoms with Gasteiger partial charge in [0.05, 0.1) is 4.90 Å². The minimum Gasteiger partial charge on any atom is -0.326 e. The highest BCUT2D eigenvalue weighted by atomic mass is 32.2. The summed E-state index contributed by atoms with van der Waals surface area (Å²) in [4.78, 5) is 0.376. The molecule has 1 heterocycles. The molecule has 2 N–H and O–H groups in total. The van der Waals surface area contributed by atoms with Crippen molar-refractivity contribution >= 4 is 10.0 Å². The van der Waals surface area contributed by atoms with Crippen LogP contribution in [-0.2, 0) is 23.0 Å². The Morgan fingerprint density at radius 2 is 1.81 bits per heavy atom. The van der Waals surface area contributed by atoms with Gasteiger partial charge in [0.25, 0.3) is 0 Å². The Morgan fingerprint density at radius 3 is 2.33 bits per heavy atom. The summed E-state index contributed by atoms with van der Waals surface area (Å²) in [5, 5.41) is 0. The second-order valence-electron chi connectivity index (χ2n) is 5.95. The number of nitrogens with two attached hydrogens (primary N) is 1. The number of hydrogen-bond acceptors (Lipinski definition) is 3. The van der Waals surface area contributed by atoms with E-state index >= 15 is 0 Å². The molecule has 0 spiro atoms. The molecule has 1 saturated heterocycles. The number of aryl methyl sites for hydroxylation is 1. The van der Waals surface area contributed by atoms with Gasteiger partial charge in [-0.25, -0.2) is 8.42 Å². The molecule has 4 nitrogen and oxygen atoms in total. The van der Waals surface area contributed by atoms with Crippen molar-refractivity contribution in [2.75, 3.05) is 0 Å². The van der Waals surface area contributed by atoms with Crippen LogP contribution in [0.4, 0.5) is 0 Å². The monoisotopic (exact) mass is 310 g/mol. The first kappa shape index (κ1) is 16.5. The van der Waals surface area contributed by atoms with Gasteiger partial charge < -0.3 is 5.73 Å². The van der Waals surface area contributed by atoms with Crippen molar-refractivity contribution in [1.29, 1.82) is 0 Å². The van der Waals surface area contributed by atoms with E-state index in [-0.39, 0.29) is 12.1 Å². The van der Waals surface area contributed by atoms with Crippen molar-refractivity contribution < 1.29 is 8.42 Å². The SMILES string of the molecule is CCc1ccc(S(=O)(=O)N2C(C)CCCC2C)cc1CN. The average Bonchev–Trinajstić information content (AvgIpc) is 2.46. The number of nitrogens with zero attached hydrogens (tertiary/aromatic N) is 1. The summed E-state index contributed by atoms with van der Waals surface area (Å²) in [7, 11) is -3.44. The summed E-state index contributed by atoms with van der Waals surface area (Å²) < 4.78 is 27.6. The highest BCUT2D eigenvalue weighted by Crippen LogP contribution is 2.30. The van der Waals surface area contributed by atoms with Crippen molar-refractivity contribution in [3.05, 3.63) is 29.3 Å². The molecule has 5 heteroatoms. The molecule has 2 rings (SSSR count). The zero-order valence-corrected chi connectivity index (χ0v) is 14.0. The van der Waals surface area contributed by atoms with E-state index in [9.17, 15) is 8.42 Å². The van der Waals surface area contributed by atoms with E-state index in [1.165, 1.54) is 0 Å². The Morgan fingerprint density at radius 1 is 1.19 bits per heavy atom. The van der Waals surface area contributed by atoms with E-state index in [1.807, 2.05) is 19.9 Å². The number of sulfonamides is 1. The van der Waals surface area contributed by atoms with Gasteiger partial charge in [0.15, 0.2) is 0 Å². The molecule has 0 radical (unpaired) electrons.